The lowest BCUT2D eigenvalue weighted by Crippen LogP contribution is -2.08. The fourth-order valence-corrected chi connectivity index (χ4v) is 4.02. The molecule has 4 aromatic rings. The Morgan fingerprint density at radius 3 is 2.00 bits per heavy atom. The standard InChI is InChI=1S/C26H17Cl2NO2/c27-19-5-9-21(10-6-19)29(22-11-7-20(28)8-12-22)25-14-13-23(31-25)16-18-15-17-3-1-2-4-24(17)26(18)30/h1-14,16H,15H2/b18-16-. The Morgan fingerprint density at radius 1 is 0.774 bits per heavy atom. The van der Waals surface area contributed by atoms with Gasteiger partial charge in [0.15, 0.2) is 5.78 Å². The average molecular weight is 446 g/mol. The number of hydrogen-bond donors (Lipinski definition) is 0. The predicted octanol–water partition coefficient (Wildman–Crippen LogP) is 7.88. The first-order valence-corrected chi connectivity index (χ1v) is 10.6. The number of anilines is 3. The number of halogens is 2. The average Bonchev–Trinajstić information content (AvgIpc) is 3.36. The van der Waals surface area contributed by atoms with E-state index in [0.29, 0.717) is 28.1 Å². The second-order valence-corrected chi connectivity index (χ2v) is 8.17. The van der Waals surface area contributed by atoms with Gasteiger partial charge in [0, 0.05) is 45.0 Å². The van der Waals surface area contributed by atoms with Crippen LogP contribution in [0.3, 0.4) is 0 Å². The quantitative estimate of drug-likeness (QED) is 0.299. The van der Waals surface area contributed by atoms with Gasteiger partial charge in [-0.3, -0.25) is 9.69 Å². The van der Waals surface area contributed by atoms with E-state index in [1.807, 2.05) is 95.9 Å². The molecule has 0 unspecified atom stereocenters. The topological polar surface area (TPSA) is 33.5 Å². The van der Waals surface area contributed by atoms with E-state index in [-0.39, 0.29) is 5.78 Å². The van der Waals surface area contributed by atoms with Crippen LogP contribution < -0.4 is 4.90 Å². The molecule has 0 bridgehead atoms. The van der Waals surface area contributed by atoms with Gasteiger partial charge in [-0.15, -0.1) is 0 Å². The molecule has 5 heteroatoms. The number of fused-ring (bicyclic) bond motifs is 1. The van der Waals surface area contributed by atoms with E-state index in [9.17, 15) is 4.79 Å². The molecule has 0 N–H and O–H groups in total. The first kappa shape index (κ1) is 19.7. The van der Waals surface area contributed by atoms with Crippen molar-refractivity contribution in [2.75, 3.05) is 4.90 Å². The van der Waals surface area contributed by atoms with Crippen LogP contribution in [-0.2, 0) is 6.42 Å². The number of allylic oxidation sites excluding steroid dienone is 1. The Labute approximate surface area is 190 Å². The zero-order chi connectivity index (χ0) is 21.4. The molecule has 0 aliphatic heterocycles. The van der Waals surface area contributed by atoms with Gasteiger partial charge in [0.25, 0.3) is 0 Å². The molecule has 152 valence electrons. The molecule has 0 radical (unpaired) electrons. The number of nitrogens with zero attached hydrogens (tertiary/aromatic N) is 1. The summed E-state index contributed by atoms with van der Waals surface area (Å²) in [5.74, 6) is 1.30. The fourth-order valence-electron chi connectivity index (χ4n) is 3.77. The van der Waals surface area contributed by atoms with Crippen molar-refractivity contribution >= 4 is 52.3 Å². The Balaban J connectivity index is 1.51. The molecule has 3 nitrogen and oxygen atoms in total. The van der Waals surface area contributed by atoms with Crippen LogP contribution in [-0.4, -0.2) is 5.78 Å². The van der Waals surface area contributed by atoms with Crippen LogP contribution in [0, 0.1) is 0 Å². The Bertz CT molecular complexity index is 1240. The van der Waals surface area contributed by atoms with Gasteiger partial charge in [0.1, 0.15) is 5.76 Å². The Hall–Kier alpha value is -3.27. The molecule has 0 spiro atoms. The highest BCUT2D eigenvalue weighted by Gasteiger charge is 2.24. The lowest BCUT2D eigenvalue weighted by Gasteiger charge is -2.22. The van der Waals surface area contributed by atoms with Gasteiger partial charge >= 0.3 is 0 Å². The number of benzene rings is 3. The van der Waals surface area contributed by atoms with Crippen molar-refractivity contribution < 1.29 is 9.21 Å². The molecule has 3 aromatic carbocycles. The summed E-state index contributed by atoms with van der Waals surface area (Å²) in [4.78, 5) is 14.7. The van der Waals surface area contributed by atoms with E-state index in [1.165, 1.54) is 0 Å². The maximum atomic E-state index is 12.7. The maximum Gasteiger partial charge on any atom is 0.205 e. The van der Waals surface area contributed by atoms with Gasteiger partial charge in [-0.2, -0.15) is 0 Å². The van der Waals surface area contributed by atoms with Crippen molar-refractivity contribution in [3.8, 4) is 0 Å². The largest absolute Gasteiger partial charge is 0.440 e. The number of hydrogen-bond acceptors (Lipinski definition) is 3. The van der Waals surface area contributed by atoms with Crippen molar-refractivity contribution in [2.45, 2.75) is 6.42 Å². The fraction of sp³-hybridized carbons (Fsp3) is 0.0385. The third-order valence-electron chi connectivity index (χ3n) is 5.25. The summed E-state index contributed by atoms with van der Waals surface area (Å²) in [5.41, 5.74) is 4.33. The second-order valence-electron chi connectivity index (χ2n) is 7.30. The third kappa shape index (κ3) is 3.90. The summed E-state index contributed by atoms with van der Waals surface area (Å²) in [6, 6.07) is 26.5. The number of Topliss-reactive ketones (excluding diaryl/α,β-unsaturated/α-hetero) is 1. The second kappa shape index (κ2) is 8.10. The van der Waals surface area contributed by atoms with Crippen LogP contribution in [0.5, 0.6) is 0 Å². The SMILES string of the molecule is O=C1/C(=C\c2ccc(N(c3ccc(Cl)cc3)c3ccc(Cl)cc3)o2)Cc2ccccc21. The highest BCUT2D eigenvalue weighted by molar-refractivity contribution is 6.31. The molecule has 1 aliphatic rings. The van der Waals surface area contributed by atoms with Crippen LogP contribution in [0.1, 0.15) is 21.7 Å². The lowest BCUT2D eigenvalue weighted by molar-refractivity contribution is 0.104. The third-order valence-corrected chi connectivity index (χ3v) is 5.76. The summed E-state index contributed by atoms with van der Waals surface area (Å²) in [6.07, 6.45) is 2.44. The van der Waals surface area contributed by atoms with Crippen LogP contribution in [0.4, 0.5) is 17.3 Å². The highest BCUT2D eigenvalue weighted by atomic mass is 35.5. The van der Waals surface area contributed by atoms with Gasteiger partial charge < -0.3 is 4.42 Å². The first-order chi connectivity index (χ1) is 15.1. The van der Waals surface area contributed by atoms with E-state index in [0.717, 1.165) is 28.1 Å². The molecule has 1 aromatic heterocycles. The maximum absolute atomic E-state index is 12.7. The number of furan rings is 1. The number of carbonyl (C=O) groups is 1. The van der Waals surface area contributed by atoms with Gasteiger partial charge in [0.05, 0.1) is 0 Å². The van der Waals surface area contributed by atoms with Crippen LogP contribution in [0.2, 0.25) is 10.0 Å². The molecular formula is C26H17Cl2NO2. The van der Waals surface area contributed by atoms with E-state index < -0.39 is 0 Å². The zero-order valence-electron chi connectivity index (χ0n) is 16.4. The first-order valence-electron chi connectivity index (χ1n) is 9.83. The smallest absolute Gasteiger partial charge is 0.205 e. The predicted molar refractivity (Wildman–Crippen MR) is 126 cm³/mol. The Kier molecular flexibility index (Phi) is 5.14. The number of rotatable bonds is 4. The summed E-state index contributed by atoms with van der Waals surface area (Å²) in [6.45, 7) is 0. The number of carbonyl (C=O) groups excluding carboxylic acids is 1. The van der Waals surface area contributed by atoms with Crippen LogP contribution in [0.15, 0.2) is 94.9 Å². The molecule has 31 heavy (non-hydrogen) atoms. The molecule has 1 aliphatic carbocycles. The monoisotopic (exact) mass is 445 g/mol. The van der Waals surface area contributed by atoms with Crippen molar-refractivity contribution in [1.29, 1.82) is 0 Å². The lowest BCUT2D eigenvalue weighted by atomic mass is 10.1. The van der Waals surface area contributed by atoms with Crippen LogP contribution in [0.25, 0.3) is 6.08 Å². The van der Waals surface area contributed by atoms with Crippen molar-refractivity contribution in [1.82, 2.24) is 0 Å². The van der Waals surface area contributed by atoms with Gasteiger partial charge in [-0.1, -0.05) is 47.5 Å². The minimum atomic E-state index is 0.0563. The van der Waals surface area contributed by atoms with Gasteiger partial charge in [0.2, 0.25) is 5.88 Å². The van der Waals surface area contributed by atoms with E-state index in [1.54, 1.807) is 0 Å². The molecule has 0 fully saturated rings. The van der Waals surface area contributed by atoms with Crippen molar-refractivity contribution in [3.63, 3.8) is 0 Å². The molecule has 0 amide bonds. The van der Waals surface area contributed by atoms with Gasteiger partial charge in [-0.25, -0.2) is 0 Å². The molecule has 0 saturated heterocycles. The minimum absolute atomic E-state index is 0.0563. The van der Waals surface area contributed by atoms with Crippen molar-refractivity contribution in [3.05, 3.63) is 117 Å². The minimum Gasteiger partial charge on any atom is -0.440 e. The van der Waals surface area contributed by atoms with Crippen molar-refractivity contribution in [2.24, 2.45) is 0 Å². The summed E-state index contributed by atoms with van der Waals surface area (Å²) in [7, 11) is 0. The molecule has 5 rings (SSSR count). The normalized spacial score (nSPS) is 14.1. The van der Waals surface area contributed by atoms with E-state index in [2.05, 4.69) is 0 Å². The molecule has 0 atom stereocenters. The van der Waals surface area contributed by atoms with Gasteiger partial charge in [-0.05, 0) is 66.2 Å². The van der Waals surface area contributed by atoms with Crippen LogP contribution >= 0.6 is 23.2 Å². The summed E-state index contributed by atoms with van der Waals surface area (Å²) in [5, 5.41) is 1.31. The zero-order valence-corrected chi connectivity index (χ0v) is 17.9. The van der Waals surface area contributed by atoms with E-state index in [4.69, 9.17) is 27.6 Å². The van der Waals surface area contributed by atoms with E-state index >= 15 is 0 Å². The summed E-state index contributed by atoms with van der Waals surface area (Å²) >= 11 is 12.2. The molecule has 1 heterocycles. The molecular weight excluding hydrogens is 429 g/mol. The summed E-state index contributed by atoms with van der Waals surface area (Å²) < 4.78 is 6.16. The Morgan fingerprint density at radius 2 is 1.39 bits per heavy atom. The highest BCUT2D eigenvalue weighted by Crippen LogP contribution is 2.37. The number of ketones is 1. The molecule has 0 saturated carbocycles.